The van der Waals surface area contributed by atoms with E-state index in [9.17, 15) is 9.59 Å². The summed E-state index contributed by atoms with van der Waals surface area (Å²) < 4.78 is 0. The molecule has 1 amide bonds. The molecule has 4 rings (SSSR count). The lowest BCUT2D eigenvalue weighted by atomic mass is 9.94. The number of ketones is 1. The number of amides is 1. The third-order valence-corrected chi connectivity index (χ3v) is 5.02. The van der Waals surface area contributed by atoms with E-state index in [1.165, 1.54) is 0 Å². The molecule has 5 heteroatoms. The molecule has 0 aliphatic heterocycles. The second-order valence-corrected chi connectivity index (χ2v) is 6.84. The van der Waals surface area contributed by atoms with Crippen molar-refractivity contribution in [3.63, 3.8) is 0 Å². The number of H-pyrrole nitrogens is 1. The Balaban J connectivity index is 1.92. The van der Waals surface area contributed by atoms with E-state index in [4.69, 9.17) is 5.73 Å². The second-order valence-electron chi connectivity index (χ2n) is 6.84. The van der Waals surface area contributed by atoms with Gasteiger partial charge in [0, 0.05) is 28.9 Å². The van der Waals surface area contributed by atoms with Crippen LogP contribution in [0.4, 0.5) is 0 Å². The highest BCUT2D eigenvalue weighted by Crippen LogP contribution is 2.32. The van der Waals surface area contributed by atoms with Gasteiger partial charge in [-0.25, -0.2) is 4.98 Å². The summed E-state index contributed by atoms with van der Waals surface area (Å²) in [6, 6.07) is 14.6. The summed E-state index contributed by atoms with van der Waals surface area (Å²) in [6.07, 6.45) is 5.07. The maximum Gasteiger partial charge on any atom is 0.248 e. The van der Waals surface area contributed by atoms with Gasteiger partial charge >= 0.3 is 0 Å². The first-order valence-electron chi connectivity index (χ1n) is 9.13. The minimum absolute atomic E-state index is 0.0993. The first kappa shape index (κ1) is 18.4. The fourth-order valence-corrected chi connectivity index (χ4v) is 3.47. The second kappa shape index (κ2) is 7.20. The number of rotatable bonds is 5. The summed E-state index contributed by atoms with van der Waals surface area (Å²) >= 11 is 0. The highest BCUT2D eigenvalue weighted by Gasteiger charge is 2.20. The molecule has 142 valence electrons. The lowest BCUT2D eigenvalue weighted by Crippen LogP contribution is -2.10. The molecule has 0 spiro atoms. The van der Waals surface area contributed by atoms with Crippen LogP contribution >= 0.6 is 0 Å². The number of benzene rings is 2. The zero-order valence-corrected chi connectivity index (χ0v) is 15.9. The molecule has 2 heterocycles. The van der Waals surface area contributed by atoms with E-state index in [1.54, 1.807) is 36.7 Å². The van der Waals surface area contributed by atoms with Gasteiger partial charge in [-0.2, -0.15) is 0 Å². The standard InChI is InChI=1S/C24H19N3O2/c1-3-15-8-7-14(2)19(11-15)22(28)20-13-27-24-21(20)18(9-10-26-24)16-5-4-6-17(12-16)23(25)29/h3-13H,1H2,2H3,(H2,25,29)(H,26,27). The number of hydrogen-bond donors (Lipinski definition) is 2. The van der Waals surface area contributed by atoms with Crippen molar-refractivity contribution >= 4 is 28.8 Å². The van der Waals surface area contributed by atoms with Crippen LogP contribution in [0.3, 0.4) is 0 Å². The Labute approximate surface area is 167 Å². The Morgan fingerprint density at radius 2 is 1.93 bits per heavy atom. The van der Waals surface area contributed by atoms with Crippen LogP contribution in [0, 0.1) is 6.92 Å². The lowest BCUT2D eigenvalue weighted by molar-refractivity contribution is 0.0998. The van der Waals surface area contributed by atoms with Crippen LogP contribution in [0.15, 0.2) is 67.5 Å². The number of aromatic nitrogens is 2. The normalized spacial score (nSPS) is 10.8. The van der Waals surface area contributed by atoms with Gasteiger partial charge in [-0.3, -0.25) is 9.59 Å². The van der Waals surface area contributed by atoms with E-state index in [2.05, 4.69) is 16.5 Å². The van der Waals surface area contributed by atoms with Crippen molar-refractivity contribution in [2.45, 2.75) is 6.92 Å². The molecular formula is C24H19N3O2. The molecular weight excluding hydrogens is 362 g/mol. The van der Waals surface area contributed by atoms with Gasteiger partial charge in [0.05, 0.1) is 5.56 Å². The Bertz CT molecular complexity index is 1280. The zero-order chi connectivity index (χ0) is 20.5. The fourth-order valence-electron chi connectivity index (χ4n) is 3.47. The van der Waals surface area contributed by atoms with Crippen molar-refractivity contribution < 1.29 is 9.59 Å². The molecule has 0 saturated heterocycles. The van der Waals surface area contributed by atoms with Crippen molar-refractivity contribution in [1.29, 1.82) is 0 Å². The van der Waals surface area contributed by atoms with Crippen LogP contribution in [0.2, 0.25) is 0 Å². The molecule has 4 aromatic rings. The van der Waals surface area contributed by atoms with Gasteiger partial charge in [-0.1, -0.05) is 36.9 Å². The van der Waals surface area contributed by atoms with E-state index in [1.807, 2.05) is 37.3 Å². The minimum Gasteiger partial charge on any atom is -0.366 e. The third kappa shape index (κ3) is 3.23. The van der Waals surface area contributed by atoms with Crippen LogP contribution in [-0.2, 0) is 0 Å². The molecule has 0 unspecified atom stereocenters. The van der Waals surface area contributed by atoms with Gasteiger partial charge in [-0.15, -0.1) is 0 Å². The first-order chi connectivity index (χ1) is 14.0. The molecule has 0 saturated carbocycles. The monoisotopic (exact) mass is 381 g/mol. The Morgan fingerprint density at radius 3 is 2.69 bits per heavy atom. The number of hydrogen-bond acceptors (Lipinski definition) is 3. The van der Waals surface area contributed by atoms with Crippen molar-refractivity contribution in [2.75, 3.05) is 0 Å². The third-order valence-electron chi connectivity index (χ3n) is 5.02. The maximum absolute atomic E-state index is 13.4. The van der Waals surface area contributed by atoms with Gasteiger partial charge in [0.2, 0.25) is 5.91 Å². The number of primary amides is 1. The van der Waals surface area contributed by atoms with Gasteiger partial charge in [0.15, 0.2) is 5.78 Å². The quantitative estimate of drug-likeness (QED) is 0.499. The molecule has 5 nitrogen and oxygen atoms in total. The van der Waals surface area contributed by atoms with E-state index >= 15 is 0 Å². The predicted molar refractivity (Wildman–Crippen MR) is 115 cm³/mol. The maximum atomic E-state index is 13.4. The van der Waals surface area contributed by atoms with Crippen molar-refractivity contribution in [1.82, 2.24) is 9.97 Å². The molecule has 0 radical (unpaired) electrons. The zero-order valence-electron chi connectivity index (χ0n) is 15.9. The van der Waals surface area contributed by atoms with Crippen molar-refractivity contribution in [2.24, 2.45) is 5.73 Å². The molecule has 2 aromatic carbocycles. The van der Waals surface area contributed by atoms with Crippen molar-refractivity contribution in [3.05, 3.63) is 95.3 Å². The molecule has 0 aliphatic rings. The molecule has 3 N–H and O–H groups in total. The first-order valence-corrected chi connectivity index (χ1v) is 9.13. The summed E-state index contributed by atoms with van der Waals surface area (Å²) in [6.45, 7) is 5.69. The highest BCUT2D eigenvalue weighted by molar-refractivity contribution is 6.19. The van der Waals surface area contributed by atoms with Gasteiger partial charge in [0.1, 0.15) is 5.65 Å². The van der Waals surface area contributed by atoms with Gasteiger partial charge in [0.25, 0.3) is 0 Å². The topological polar surface area (TPSA) is 88.8 Å². The number of carbonyl (C=O) groups excluding carboxylic acids is 2. The number of pyridine rings is 1. The molecule has 29 heavy (non-hydrogen) atoms. The average molecular weight is 381 g/mol. The number of aromatic amines is 1. The summed E-state index contributed by atoms with van der Waals surface area (Å²) in [5, 5.41) is 0.711. The Morgan fingerprint density at radius 1 is 1.10 bits per heavy atom. The smallest absolute Gasteiger partial charge is 0.248 e. The Kier molecular flexibility index (Phi) is 4.56. The van der Waals surface area contributed by atoms with E-state index in [0.717, 1.165) is 22.3 Å². The summed E-state index contributed by atoms with van der Waals surface area (Å²) in [5.74, 6) is -0.600. The van der Waals surface area contributed by atoms with E-state index in [-0.39, 0.29) is 5.78 Å². The summed E-state index contributed by atoms with van der Waals surface area (Å²) in [7, 11) is 0. The minimum atomic E-state index is -0.501. The largest absolute Gasteiger partial charge is 0.366 e. The number of nitrogens with zero attached hydrogens (tertiary/aromatic N) is 1. The number of nitrogens with two attached hydrogens (primary N) is 1. The number of fused-ring (bicyclic) bond motifs is 1. The summed E-state index contributed by atoms with van der Waals surface area (Å²) in [4.78, 5) is 32.5. The predicted octanol–water partition coefficient (Wildman–Crippen LogP) is 4.51. The van der Waals surface area contributed by atoms with E-state index < -0.39 is 5.91 Å². The molecule has 0 fully saturated rings. The fraction of sp³-hybridized carbons (Fsp3) is 0.0417. The van der Waals surface area contributed by atoms with Crippen molar-refractivity contribution in [3.8, 4) is 11.1 Å². The van der Waals surface area contributed by atoms with Crippen LogP contribution in [0.5, 0.6) is 0 Å². The molecule has 0 bridgehead atoms. The van der Waals surface area contributed by atoms with Gasteiger partial charge in [-0.05, 0) is 53.4 Å². The Hall–Kier alpha value is -3.99. The van der Waals surface area contributed by atoms with E-state index in [0.29, 0.717) is 27.7 Å². The number of carbonyl (C=O) groups is 2. The highest BCUT2D eigenvalue weighted by atomic mass is 16.1. The van der Waals surface area contributed by atoms with Crippen LogP contribution in [-0.4, -0.2) is 21.7 Å². The van der Waals surface area contributed by atoms with Crippen LogP contribution < -0.4 is 5.73 Å². The average Bonchev–Trinajstić information content (AvgIpc) is 3.18. The number of nitrogens with one attached hydrogen (secondary N) is 1. The lowest BCUT2D eigenvalue weighted by Gasteiger charge is -2.09. The summed E-state index contributed by atoms with van der Waals surface area (Å²) in [5.41, 5.74) is 10.9. The van der Waals surface area contributed by atoms with Crippen LogP contribution in [0.1, 0.15) is 37.4 Å². The molecule has 0 aliphatic carbocycles. The van der Waals surface area contributed by atoms with Gasteiger partial charge < -0.3 is 10.7 Å². The number of aryl methyl sites for hydroxylation is 1. The molecule has 0 atom stereocenters. The SMILES string of the molecule is C=Cc1ccc(C)c(C(=O)c2c[nH]c3nccc(-c4cccc(C(N)=O)c4)c23)c1. The molecule has 2 aromatic heterocycles. The van der Waals surface area contributed by atoms with Crippen LogP contribution in [0.25, 0.3) is 28.2 Å².